The quantitative estimate of drug-likeness (QED) is 0.764. The van der Waals surface area contributed by atoms with Gasteiger partial charge in [-0.2, -0.15) is 0 Å². The first-order valence-electron chi connectivity index (χ1n) is 6.47. The fraction of sp³-hybridized carbons (Fsp3) is 0.250. The second-order valence-corrected chi connectivity index (χ2v) is 5.94. The average Bonchev–Trinajstić information content (AvgIpc) is 2.40. The van der Waals surface area contributed by atoms with Crippen molar-refractivity contribution in [2.45, 2.75) is 19.9 Å². The van der Waals surface area contributed by atoms with E-state index in [-0.39, 0.29) is 6.04 Å². The van der Waals surface area contributed by atoms with Gasteiger partial charge in [0.1, 0.15) is 0 Å². The maximum absolute atomic E-state index is 6.34. The number of hydrogen-bond donors (Lipinski definition) is 1. The van der Waals surface area contributed by atoms with Crippen LogP contribution in [-0.4, -0.2) is 6.54 Å². The highest BCUT2D eigenvalue weighted by atomic mass is 35.5. The van der Waals surface area contributed by atoms with Crippen LogP contribution in [0.15, 0.2) is 36.4 Å². The SMILES string of the molecule is CCNC(c1cc(Cl)ccc1C)c1ccc(Cl)cc1Cl. The Kier molecular flexibility index (Phi) is 5.34. The summed E-state index contributed by atoms with van der Waals surface area (Å²) < 4.78 is 0. The zero-order chi connectivity index (χ0) is 14.7. The molecule has 0 amide bonds. The highest BCUT2D eigenvalue weighted by Gasteiger charge is 2.18. The van der Waals surface area contributed by atoms with Crippen LogP contribution in [0.5, 0.6) is 0 Å². The van der Waals surface area contributed by atoms with Gasteiger partial charge in [-0.15, -0.1) is 0 Å². The zero-order valence-electron chi connectivity index (χ0n) is 11.4. The normalized spacial score (nSPS) is 12.4. The monoisotopic (exact) mass is 327 g/mol. The van der Waals surface area contributed by atoms with Crippen molar-refractivity contribution in [1.82, 2.24) is 5.32 Å². The summed E-state index contributed by atoms with van der Waals surface area (Å²) in [5.41, 5.74) is 3.30. The van der Waals surface area contributed by atoms with Crippen LogP contribution < -0.4 is 5.32 Å². The number of nitrogens with one attached hydrogen (secondary N) is 1. The predicted octanol–water partition coefficient (Wildman–Crippen LogP) is 5.65. The summed E-state index contributed by atoms with van der Waals surface area (Å²) in [6.45, 7) is 4.96. The molecule has 1 N–H and O–H groups in total. The fourth-order valence-electron chi connectivity index (χ4n) is 2.25. The third kappa shape index (κ3) is 3.48. The molecule has 0 fully saturated rings. The largest absolute Gasteiger partial charge is 0.306 e. The zero-order valence-corrected chi connectivity index (χ0v) is 13.7. The van der Waals surface area contributed by atoms with Crippen molar-refractivity contribution in [2.75, 3.05) is 6.54 Å². The van der Waals surface area contributed by atoms with Gasteiger partial charge in [0.25, 0.3) is 0 Å². The third-order valence-corrected chi connectivity index (χ3v) is 4.03. The van der Waals surface area contributed by atoms with E-state index in [2.05, 4.69) is 19.2 Å². The number of rotatable bonds is 4. The molecule has 0 aromatic heterocycles. The molecule has 0 aliphatic rings. The number of halogens is 3. The Balaban J connectivity index is 2.53. The molecule has 2 aromatic rings. The Labute approximate surface area is 134 Å². The second kappa shape index (κ2) is 6.82. The van der Waals surface area contributed by atoms with E-state index in [1.54, 1.807) is 6.07 Å². The molecule has 1 nitrogen and oxygen atoms in total. The second-order valence-electron chi connectivity index (χ2n) is 4.66. The summed E-state index contributed by atoms with van der Waals surface area (Å²) in [7, 11) is 0. The van der Waals surface area contributed by atoms with Crippen LogP contribution in [0.3, 0.4) is 0 Å². The van der Waals surface area contributed by atoms with E-state index in [1.165, 1.54) is 5.56 Å². The molecule has 0 bridgehead atoms. The van der Waals surface area contributed by atoms with Crippen LogP contribution in [0.1, 0.15) is 29.7 Å². The molecule has 0 heterocycles. The maximum Gasteiger partial charge on any atom is 0.0594 e. The van der Waals surface area contributed by atoms with Crippen molar-refractivity contribution in [3.8, 4) is 0 Å². The molecule has 106 valence electrons. The first-order chi connectivity index (χ1) is 9.52. The van der Waals surface area contributed by atoms with Crippen molar-refractivity contribution in [2.24, 2.45) is 0 Å². The van der Waals surface area contributed by atoms with Crippen molar-refractivity contribution in [1.29, 1.82) is 0 Å². The van der Waals surface area contributed by atoms with Gasteiger partial charge in [-0.05, 0) is 54.4 Å². The van der Waals surface area contributed by atoms with Crippen LogP contribution in [0.2, 0.25) is 15.1 Å². The van der Waals surface area contributed by atoms with Gasteiger partial charge in [0, 0.05) is 15.1 Å². The van der Waals surface area contributed by atoms with Gasteiger partial charge >= 0.3 is 0 Å². The highest BCUT2D eigenvalue weighted by molar-refractivity contribution is 6.35. The average molecular weight is 329 g/mol. The molecule has 0 radical (unpaired) electrons. The molecule has 2 aromatic carbocycles. The number of benzene rings is 2. The van der Waals surface area contributed by atoms with E-state index >= 15 is 0 Å². The topological polar surface area (TPSA) is 12.0 Å². The molecular formula is C16H16Cl3N. The van der Waals surface area contributed by atoms with Gasteiger partial charge in [0.15, 0.2) is 0 Å². The Morgan fingerprint density at radius 1 is 0.950 bits per heavy atom. The highest BCUT2D eigenvalue weighted by Crippen LogP contribution is 2.33. The summed E-state index contributed by atoms with van der Waals surface area (Å²) in [5, 5.41) is 5.47. The Bertz CT molecular complexity index is 611. The Morgan fingerprint density at radius 3 is 2.25 bits per heavy atom. The van der Waals surface area contributed by atoms with E-state index in [0.717, 1.165) is 22.7 Å². The molecule has 0 aliphatic heterocycles. The van der Waals surface area contributed by atoms with Gasteiger partial charge in [-0.3, -0.25) is 0 Å². The lowest BCUT2D eigenvalue weighted by molar-refractivity contribution is 0.628. The van der Waals surface area contributed by atoms with Gasteiger partial charge in [-0.25, -0.2) is 0 Å². The molecule has 0 saturated heterocycles. The summed E-state index contributed by atoms with van der Waals surface area (Å²) in [4.78, 5) is 0. The van der Waals surface area contributed by atoms with Crippen molar-refractivity contribution in [3.63, 3.8) is 0 Å². The fourth-order valence-corrected chi connectivity index (χ4v) is 2.95. The molecule has 0 aliphatic carbocycles. The minimum absolute atomic E-state index is 0.00321. The van der Waals surface area contributed by atoms with Crippen LogP contribution in [0.25, 0.3) is 0 Å². The lowest BCUT2D eigenvalue weighted by atomic mass is 9.95. The number of hydrogen-bond acceptors (Lipinski definition) is 1. The standard InChI is InChI=1S/C16H16Cl3N/c1-3-20-16(13-7-6-12(18)9-15(13)19)14-8-11(17)5-4-10(14)2/h4-9,16,20H,3H2,1-2H3. The lowest BCUT2D eigenvalue weighted by Gasteiger charge is -2.22. The van der Waals surface area contributed by atoms with Gasteiger partial charge < -0.3 is 5.32 Å². The van der Waals surface area contributed by atoms with E-state index in [4.69, 9.17) is 34.8 Å². The van der Waals surface area contributed by atoms with E-state index in [9.17, 15) is 0 Å². The predicted molar refractivity (Wildman–Crippen MR) is 88.2 cm³/mol. The van der Waals surface area contributed by atoms with Gasteiger partial charge in [0.05, 0.1) is 6.04 Å². The Morgan fingerprint density at radius 2 is 1.60 bits per heavy atom. The minimum Gasteiger partial charge on any atom is -0.306 e. The third-order valence-electron chi connectivity index (χ3n) is 3.23. The van der Waals surface area contributed by atoms with E-state index in [0.29, 0.717) is 10.0 Å². The molecule has 0 spiro atoms. The van der Waals surface area contributed by atoms with Gasteiger partial charge in [-0.1, -0.05) is 53.9 Å². The first kappa shape index (κ1) is 15.7. The lowest BCUT2D eigenvalue weighted by Crippen LogP contribution is -2.23. The summed E-state index contributed by atoms with van der Waals surface area (Å²) >= 11 is 18.5. The Hall–Kier alpha value is -0.730. The summed E-state index contributed by atoms with van der Waals surface area (Å²) in [5.74, 6) is 0. The van der Waals surface area contributed by atoms with Crippen LogP contribution in [0, 0.1) is 6.92 Å². The first-order valence-corrected chi connectivity index (χ1v) is 7.60. The van der Waals surface area contributed by atoms with Crippen molar-refractivity contribution >= 4 is 34.8 Å². The van der Waals surface area contributed by atoms with E-state index in [1.807, 2.05) is 30.3 Å². The molecule has 1 atom stereocenters. The molecule has 0 saturated carbocycles. The molecule has 20 heavy (non-hydrogen) atoms. The van der Waals surface area contributed by atoms with Crippen molar-refractivity contribution < 1.29 is 0 Å². The molecular weight excluding hydrogens is 313 g/mol. The van der Waals surface area contributed by atoms with Gasteiger partial charge in [0.2, 0.25) is 0 Å². The number of aryl methyl sites for hydroxylation is 1. The van der Waals surface area contributed by atoms with Crippen LogP contribution >= 0.6 is 34.8 Å². The van der Waals surface area contributed by atoms with Crippen LogP contribution in [-0.2, 0) is 0 Å². The summed E-state index contributed by atoms with van der Waals surface area (Å²) in [6, 6.07) is 11.5. The maximum atomic E-state index is 6.34. The smallest absolute Gasteiger partial charge is 0.0594 e. The molecule has 1 unspecified atom stereocenters. The molecule has 2 rings (SSSR count). The summed E-state index contributed by atoms with van der Waals surface area (Å²) in [6.07, 6.45) is 0. The molecule has 4 heteroatoms. The van der Waals surface area contributed by atoms with E-state index < -0.39 is 0 Å². The minimum atomic E-state index is 0.00321. The van der Waals surface area contributed by atoms with Crippen LogP contribution in [0.4, 0.5) is 0 Å². The van der Waals surface area contributed by atoms with Crippen molar-refractivity contribution in [3.05, 3.63) is 68.2 Å².